The zero-order valence-electron chi connectivity index (χ0n) is 29.1. The fourth-order valence-electron chi connectivity index (χ4n) is 9.02. The zero-order chi connectivity index (χ0) is 35.3. The number of rotatable bonds is 3. The van der Waals surface area contributed by atoms with Gasteiger partial charge in [-0.2, -0.15) is 0 Å². The molecule has 0 aliphatic heterocycles. The van der Waals surface area contributed by atoms with Gasteiger partial charge in [0.15, 0.2) is 0 Å². The third kappa shape index (κ3) is 4.26. The molecule has 0 amide bonds. The van der Waals surface area contributed by atoms with Gasteiger partial charge < -0.3 is 4.42 Å². The number of hydrogen-bond acceptors (Lipinski definition) is 2. The summed E-state index contributed by atoms with van der Waals surface area (Å²) in [5.74, 6) is 0. The van der Waals surface area contributed by atoms with Crippen molar-refractivity contribution in [2.45, 2.75) is 0 Å². The molecule has 0 spiro atoms. The number of furan rings is 1. The number of thiophene rings is 1. The Morgan fingerprint density at radius 1 is 0.315 bits per heavy atom. The van der Waals surface area contributed by atoms with Gasteiger partial charge in [0.25, 0.3) is 0 Å². The molecule has 10 aromatic carbocycles. The lowest BCUT2D eigenvalue weighted by Crippen LogP contribution is -1.91. The largest absolute Gasteiger partial charge is 0.455 e. The van der Waals surface area contributed by atoms with Gasteiger partial charge in [0.1, 0.15) is 11.2 Å². The van der Waals surface area contributed by atoms with Crippen molar-refractivity contribution in [3.05, 3.63) is 182 Å². The van der Waals surface area contributed by atoms with Crippen LogP contribution in [0.5, 0.6) is 0 Å². The van der Waals surface area contributed by atoms with Crippen molar-refractivity contribution >= 4 is 96.5 Å². The van der Waals surface area contributed by atoms with E-state index in [1.165, 1.54) is 90.9 Å². The molecule has 12 aromatic rings. The molecule has 2 aromatic heterocycles. The Labute approximate surface area is 314 Å². The Morgan fingerprint density at radius 2 is 0.870 bits per heavy atom. The van der Waals surface area contributed by atoms with E-state index in [2.05, 4.69) is 182 Å². The first kappa shape index (κ1) is 29.8. The van der Waals surface area contributed by atoms with Crippen LogP contribution in [0.2, 0.25) is 0 Å². The molecule has 1 nitrogen and oxygen atoms in total. The summed E-state index contributed by atoms with van der Waals surface area (Å²) in [5.41, 5.74) is 9.22. The standard InChI is InChI=1S/C52H30OS/c1-2-13-32(14-3-1)47-38-16-6-8-18-40(38)48(41-19-9-7-17-39(41)47)36-25-23-33-28-35(24-22-34(33)29-36)44-30-46-49(42-20-10-11-21-45(42)54-46)50-43-27-26-31-12-4-5-15-37(31)51(43)53-52(44)50/h1-30H. The average molecular weight is 703 g/mol. The number of benzene rings is 10. The van der Waals surface area contributed by atoms with Crippen LogP contribution in [0.25, 0.3) is 119 Å². The maximum absolute atomic E-state index is 6.99. The number of hydrogen-bond donors (Lipinski definition) is 0. The highest BCUT2D eigenvalue weighted by Gasteiger charge is 2.21. The van der Waals surface area contributed by atoms with Crippen molar-refractivity contribution in [3.63, 3.8) is 0 Å². The predicted octanol–water partition coefficient (Wildman–Crippen LogP) is 15.6. The Kier molecular flexibility index (Phi) is 6.28. The molecule has 0 fully saturated rings. The maximum atomic E-state index is 6.99. The molecule has 2 heteroatoms. The van der Waals surface area contributed by atoms with Gasteiger partial charge >= 0.3 is 0 Å². The predicted molar refractivity (Wildman–Crippen MR) is 233 cm³/mol. The van der Waals surface area contributed by atoms with E-state index in [1.807, 2.05) is 11.3 Å². The average Bonchev–Trinajstić information content (AvgIpc) is 3.81. The summed E-state index contributed by atoms with van der Waals surface area (Å²) in [6.07, 6.45) is 0. The second-order valence-corrected chi connectivity index (χ2v) is 15.4. The summed E-state index contributed by atoms with van der Waals surface area (Å²) >= 11 is 1.86. The first-order chi connectivity index (χ1) is 26.8. The van der Waals surface area contributed by atoms with Crippen LogP contribution in [0.1, 0.15) is 0 Å². The molecule has 0 unspecified atom stereocenters. The summed E-state index contributed by atoms with van der Waals surface area (Å²) in [6.45, 7) is 0. The van der Waals surface area contributed by atoms with Crippen molar-refractivity contribution in [1.29, 1.82) is 0 Å². The van der Waals surface area contributed by atoms with Gasteiger partial charge in [0.05, 0.1) is 0 Å². The SMILES string of the molecule is c1ccc(-c2c3ccccc3c(-c3ccc4cc(-c5cc6sc7ccccc7c6c6c5oc5c7ccccc7ccc56)ccc4c3)c3ccccc23)cc1. The third-order valence-electron chi connectivity index (χ3n) is 11.4. The Hall–Kier alpha value is -6.74. The fraction of sp³-hybridized carbons (Fsp3) is 0. The van der Waals surface area contributed by atoms with Crippen LogP contribution in [-0.2, 0) is 0 Å². The molecule has 0 saturated carbocycles. The highest BCUT2D eigenvalue weighted by atomic mass is 32.1. The number of fused-ring (bicyclic) bond motifs is 12. The van der Waals surface area contributed by atoms with Gasteiger partial charge in [0.2, 0.25) is 0 Å². The lowest BCUT2D eigenvalue weighted by atomic mass is 9.85. The van der Waals surface area contributed by atoms with Gasteiger partial charge in [0, 0.05) is 41.9 Å². The van der Waals surface area contributed by atoms with Crippen LogP contribution in [0.3, 0.4) is 0 Å². The molecule has 0 saturated heterocycles. The van der Waals surface area contributed by atoms with E-state index in [0.29, 0.717) is 0 Å². The van der Waals surface area contributed by atoms with Gasteiger partial charge in [-0.3, -0.25) is 0 Å². The van der Waals surface area contributed by atoms with Crippen molar-refractivity contribution in [2.75, 3.05) is 0 Å². The van der Waals surface area contributed by atoms with Crippen LogP contribution in [0.15, 0.2) is 186 Å². The molecule has 0 atom stereocenters. The van der Waals surface area contributed by atoms with Gasteiger partial charge in [-0.1, -0.05) is 152 Å². The summed E-state index contributed by atoms with van der Waals surface area (Å²) in [7, 11) is 0. The van der Waals surface area contributed by atoms with Crippen LogP contribution >= 0.6 is 11.3 Å². The first-order valence-electron chi connectivity index (χ1n) is 18.5. The zero-order valence-corrected chi connectivity index (χ0v) is 30.0. The second kappa shape index (κ2) is 11.4. The molecular formula is C52H30OS. The van der Waals surface area contributed by atoms with Crippen LogP contribution in [0.4, 0.5) is 0 Å². The topological polar surface area (TPSA) is 13.1 Å². The lowest BCUT2D eigenvalue weighted by molar-refractivity contribution is 0.674. The van der Waals surface area contributed by atoms with Crippen molar-refractivity contribution < 1.29 is 4.42 Å². The third-order valence-corrected chi connectivity index (χ3v) is 12.5. The molecule has 0 aliphatic rings. The van der Waals surface area contributed by atoms with Crippen LogP contribution in [0, 0.1) is 0 Å². The van der Waals surface area contributed by atoms with E-state index in [-0.39, 0.29) is 0 Å². The van der Waals surface area contributed by atoms with Crippen molar-refractivity contribution in [2.24, 2.45) is 0 Å². The van der Waals surface area contributed by atoms with Crippen LogP contribution in [-0.4, -0.2) is 0 Å². The first-order valence-corrected chi connectivity index (χ1v) is 19.3. The Morgan fingerprint density at radius 3 is 1.59 bits per heavy atom. The summed E-state index contributed by atoms with van der Waals surface area (Å²) < 4.78 is 9.57. The monoisotopic (exact) mass is 702 g/mol. The normalized spacial score (nSPS) is 12.1. The quantitative estimate of drug-likeness (QED) is 0.167. The van der Waals surface area contributed by atoms with Crippen molar-refractivity contribution in [3.8, 4) is 33.4 Å². The van der Waals surface area contributed by atoms with Gasteiger partial charge in [-0.15, -0.1) is 11.3 Å². The molecule has 0 radical (unpaired) electrons. The smallest absolute Gasteiger partial charge is 0.144 e. The molecule has 0 N–H and O–H groups in total. The minimum absolute atomic E-state index is 0.949. The molecule has 250 valence electrons. The molecule has 0 bridgehead atoms. The van der Waals surface area contributed by atoms with E-state index in [1.54, 1.807) is 0 Å². The fourth-order valence-corrected chi connectivity index (χ4v) is 10.2. The highest BCUT2D eigenvalue weighted by Crippen LogP contribution is 2.48. The molecular weight excluding hydrogens is 673 g/mol. The van der Waals surface area contributed by atoms with Gasteiger partial charge in [-0.05, 0) is 95.9 Å². The summed E-state index contributed by atoms with van der Waals surface area (Å²) in [6, 6.07) is 66.6. The Bertz CT molecular complexity index is 3440. The molecule has 12 rings (SSSR count). The van der Waals surface area contributed by atoms with E-state index in [4.69, 9.17) is 4.42 Å². The second-order valence-electron chi connectivity index (χ2n) is 14.3. The van der Waals surface area contributed by atoms with E-state index in [0.717, 1.165) is 27.7 Å². The molecule has 54 heavy (non-hydrogen) atoms. The molecule has 0 aliphatic carbocycles. The highest BCUT2D eigenvalue weighted by molar-refractivity contribution is 7.26. The van der Waals surface area contributed by atoms with E-state index >= 15 is 0 Å². The summed E-state index contributed by atoms with van der Waals surface area (Å²) in [5, 5.41) is 14.8. The van der Waals surface area contributed by atoms with Crippen molar-refractivity contribution in [1.82, 2.24) is 0 Å². The molecule has 2 heterocycles. The van der Waals surface area contributed by atoms with Crippen LogP contribution < -0.4 is 0 Å². The van der Waals surface area contributed by atoms with E-state index < -0.39 is 0 Å². The lowest BCUT2D eigenvalue weighted by Gasteiger charge is -2.18. The Balaban J connectivity index is 1.08. The summed E-state index contributed by atoms with van der Waals surface area (Å²) in [4.78, 5) is 0. The van der Waals surface area contributed by atoms with E-state index in [9.17, 15) is 0 Å². The van der Waals surface area contributed by atoms with Gasteiger partial charge in [-0.25, -0.2) is 0 Å². The minimum atomic E-state index is 0.949. The maximum Gasteiger partial charge on any atom is 0.144 e. The minimum Gasteiger partial charge on any atom is -0.455 e.